The Morgan fingerprint density at radius 2 is 2.53 bits per heavy atom. The average molecular weight is 253 g/mol. The minimum Gasteiger partial charge on any atom is -0.468 e. The summed E-state index contributed by atoms with van der Waals surface area (Å²) in [5, 5.41) is 5.57. The van der Waals surface area contributed by atoms with Crippen molar-refractivity contribution in [3.05, 3.63) is 21.9 Å². The van der Waals surface area contributed by atoms with Gasteiger partial charge in [-0.15, -0.1) is 11.3 Å². The summed E-state index contributed by atoms with van der Waals surface area (Å²) in [5.41, 5.74) is 1.38. The third-order valence-corrected chi connectivity index (χ3v) is 4.34. The first-order valence-corrected chi connectivity index (χ1v) is 7.04. The van der Waals surface area contributed by atoms with Crippen molar-refractivity contribution >= 4 is 17.3 Å². The molecule has 0 spiro atoms. The lowest BCUT2D eigenvalue weighted by molar-refractivity contribution is -0.143. The topological polar surface area (TPSA) is 38.3 Å². The maximum atomic E-state index is 11.6. The van der Waals surface area contributed by atoms with Crippen molar-refractivity contribution in [2.75, 3.05) is 7.11 Å². The highest BCUT2D eigenvalue weighted by Crippen LogP contribution is 2.33. The predicted molar refractivity (Wildman–Crippen MR) is 69.2 cm³/mol. The molecule has 1 aliphatic rings. The summed E-state index contributed by atoms with van der Waals surface area (Å²) in [4.78, 5) is 13.1. The molecule has 0 radical (unpaired) electrons. The molecule has 1 aliphatic carbocycles. The van der Waals surface area contributed by atoms with Crippen LogP contribution in [0.3, 0.4) is 0 Å². The van der Waals surface area contributed by atoms with Crippen LogP contribution in [0.25, 0.3) is 0 Å². The molecule has 0 amide bonds. The van der Waals surface area contributed by atoms with E-state index < -0.39 is 0 Å². The molecule has 0 saturated carbocycles. The van der Waals surface area contributed by atoms with Crippen molar-refractivity contribution in [2.45, 2.75) is 44.7 Å². The summed E-state index contributed by atoms with van der Waals surface area (Å²) < 4.78 is 4.82. The zero-order valence-corrected chi connectivity index (χ0v) is 11.2. The largest absolute Gasteiger partial charge is 0.468 e. The smallest absolute Gasteiger partial charge is 0.322 e. The highest BCUT2D eigenvalue weighted by molar-refractivity contribution is 7.10. The molecule has 2 atom stereocenters. The number of carbonyl (C=O) groups is 1. The van der Waals surface area contributed by atoms with E-state index in [2.05, 4.69) is 16.8 Å². The van der Waals surface area contributed by atoms with Gasteiger partial charge in [0.25, 0.3) is 0 Å². The van der Waals surface area contributed by atoms with Gasteiger partial charge in [0.15, 0.2) is 0 Å². The van der Waals surface area contributed by atoms with Gasteiger partial charge in [0.05, 0.1) is 7.11 Å². The molecule has 1 heterocycles. The summed E-state index contributed by atoms with van der Waals surface area (Å²) in [6, 6.07) is 2.31. The van der Waals surface area contributed by atoms with Crippen molar-refractivity contribution in [1.29, 1.82) is 0 Å². The van der Waals surface area contributed by atoms with E-state index in [4.69, 9.17) is 4.74 Å². The number of nitrogens with one attached hydrogen (secondary N) is 1. The van der Waals surface area contributed by atoms with Crippen molar-refractivity contribution in [2.24, 2.45) is 0 Å². The van der Waals surface area contributed by atoms with Crippen molar-refractivity contribution in [1.82, 2.24) is 5.32 Å². The summed E-state index contributed by atoms with van der Waals surface area (Å²) >= 11 is 1.82. The number of fused-ring (bicyclic) bond motifs is 1. The van der Waals surface area contributed by atoms with E-state index in [1.165, 1.54) is 30.4 Å². The molecule has 1 N–H and O–H groups in total. The Morgan fingerprint density at radius 1 is 1.71 bits per heavy atom. The Hall–Kier alpha value is -0.870. The monoisotopic (exact) mass is 253 g/mol. The second-order valence-corrected chi connectivity index (χ2v) is 5.40. The van der Waals surface area contributed by atoms with Crippen LogP contribution in [0.15, 0.2) is 11.4 Å². The van der Waals surface area contributed by atoms with E-state index in [1.807, 2.05) is 18.3 Å². The van der Waals surface area contributed by atoms with Crippen LogP contribution in [0.2, 0.25) is 0 Å². The lowest BCUT2D eigenvalue weighted by atomic mass is 9.93. The molecule has 0 aromatic carbocycles. The Balaban J connectivity index is 2.07. The van der Waals surface area contributed by atoms with E-state index in [0.29, 0.717) is 6.04 Å². The Bertz CT molecular complexity index is 389. The third kappa shape index (κ3) is 2.69. The van der Waals surface area contributed by atoms with Crippen LogP contribution in [0.1, 0.15) is 42.7 Å². The molecule has 2 rings (SSSR count). The molecule has 0 bridgehead atoms. The van der Waals surface area contributed by atoms with Crippen molar-refractivity contribution in [3.8, 4) is 0 Å². The first-order valence-electron chi connectivity index (χ1n) is 6.16. The van der Waals surface area contributed by atoms with Gasteiger partial charge >= 0.3 is 5.97 Å². The normalized spacial score (nSPS) is 20.7. The van der Waals surface area contributed by atoms with Crippen LogP contribution in [0.5, 0.6) is 0 Å². The van der Waals surface area contributed by atoms with E-state index in [9.17, 15) is 4.79 Å². The fourth-order valence-electron chi connectivity index (χ4n) is 2.40. The Morgan fingerprint density at radius 3 is 3.24 bits per heavy atom. The van der Waals surface area contributed by atoms with Crippen LogP contribution >= 0.6 is 11.3 Å². The number of esters is 1. The minimum absolute atomic E-state index is 0.158. The predicted octanol–water partition coefficient (Wildman–Crippen LogP) is 2.67. The fraction of sp³-hybridized carbons (Fsp3) is 0.615. The molecule has 0 fully saturated rings. The lowest BCUT2D eigenvalue weighted by Gasteiger charge is -2.27. The van der Waals surface area contributed by atoms with Gasteiger partial charge < -0.3 is 4.74 Å². The number of thiophene rings is 1. The molecule has 4 heteroatoms. The minimum atomic E-state index is -0.184. The highest BCUT2D eigenvalue weighted by atomic mass is 32.1. The van der Waals surface area contributed by atoms with E-state index >= 15 is 0 Å². The molecule has 0 aliphatic heterocycles. The molecule has 1 aromatic rings. The second kappa shape index (κ2) is 5.65. The average Bonchev–Trinajstić information content (AvgIpc) is 2.83. The molecule has 94 valence electrons. The van der Waals surface area contributed by atoms with Crippen LogP contribution in [-0.4, -0.2) is 19.1 Å². The first kappa shape index (κ1) is 12.6. The van der Waals surface area contributed by atoms with Crippen LogP contribution in [-0.2, 0) is 16.0 Å². The Labute approximate surface area is 106 Å². The number of aryl methyl sites for hydroxylation is 1. The molecule has 0 saturated heterocycles. The van der Waals surface area contributed by atoms with Crippen molar-refractivity contribution < 1.29 is 9.53 Å². The third-order valence-electron chi connectivity index (χ3n) is 3.35. The SMILES string of the molecule is CC[C@H](N[C@H]1CCCc2sccc21)C(=O)OC. The van der Waals surface area contributed by atoms with Crippen LogP contribution < -0.4 is 5.32 Å². The lowest BCUT2D eigenvalue weighted by Crippen LogP contribution is -2.40. The van der Waals surface area contributed by atoms with Gasteiger partial charge in [0.2, 0.25) is 0 Å². The van der Waals surface area contributed by atoms with Crippen LogP contribution in [0, 0.1) is 0 Å². The van der Waals surface area contributed by atoms with E-state index in [0.717, 1.165) is 12.8 Å². The number of hydrogen-bond acceptors (Lipinski definition) is 4. The molecule has 1 aromatic heterocycles. The van der Waals surface area contributed by atoms with E-state index in [1.54, 1.807) is 0 Å². The van der Waals surface area contributed by atoms with E-state index in [-0.39, 0.29) is 12.0 Å². The Kier molecular flexibility index (Phi) is 4.18. The van der Waals surface area contributed by atoms with Gasteiger partial charge in [-0.1, -0.05) is 6.92 Å². The number of methoxy groups -OCH3 is 1. The second-order valence-electron chi connectivity index (χ2n) is 4.39. The van der Waals surface area contributed by atoms with Gasteiger partial charge in [0, 0.05) is 10.9 Å². The summed E-state index contributed by atoms with van der Waals surface area (Å²) in [6.07, 6.45) is 4.25. The van der Waals surface area contributed by atoms with Gasteiger partial charge in [0.1, 0.15) is 6.04 Å². The van der Waals surface area contributed by atoms with Gasteiger partial charge in [-0.25, -0.2) is 0 Å². The molecule has 0 unspecified atom stereocenters. The maximum absolute atomic E-state index is 11.6. The summed E-state index contributed by atoms with van der Waals surface area (Å²) in [7, 11) is 1.45. The molecule has 17 heavy (non-hydrogen) atoms. The number of carbonyl (C=O) groups excluding carboxylic acids is 1. The van der Waals surface area contributed by atoms with Gasteiger partial charge in [-0.2, -0.15) is 0 Å². The zero-order chi connectivity index (χ0) is 12.3. The number of ether oxygens (including phenoxy) is 1. The quantitative estimate of drug-likeness (QED) is 0.838. The summed E-state index contributed by atoms with van der Waals surface area (Å²) in [5.74, 6) is -0.158. The van der Waals surface area contributed by atoms with Crippen LogP contribution in [0.4, 0.5) is 0 Å². The number of rotatable bonds is 4. The highest BCUT2D eigenvalue weighted by Gasteiger charge is 2.26. The number of hydrogen-bond donors (Lipinski definition) is 1. The molecular weight excluding hydrogens is 234 g/mol. The van der Waals surface area contributed by atoms with Gasteiger partial charge in [-0.3, -0.25) is 10.1 Å². The summed E-state index contributed by atoms with van der Waals surface area (Å²) in [6.45, 7) is 2.01. The maximum Gasteiger partial charge on any atom is 0.322 e. The zero-order valence-electron chi connectivity index (χ0n) is 10.4. The molecular formula is C13H19NO2S. The molecule has 3 nitrogen and oxygen atoms in total. The fourth-order valence-corrected chi connectivity index (χ4v) is 3.38. The first-order chi connectivity index (χ1) is 8.26. The standard InChI is InChI=1S/C13H19NO2S/c1-3-10(13(15)16-2)14-11-5-4-6-12-9(11)7-8-17-12/h7-8,10-11,14H,3-6H2,1-2H3/t10-,11-/m0/s1. The van der Waals surface area contributed by atoms with Gasteiger partial charge in [-0.05, 0) is 42.7 Å². The van der Waals surface area contributed by atoms with Crippen molar-refractivity contribution in [3.63, 3.8) is 0 Å².